The fourth-order valence-electron chi connectivity index (χ4n) is 2.75. The van der Waals surface area contributed by atoms with E-state index in [1.165, 1.54) is 0 Å². The molecule has 0 aromatic heterocycles. The highest BCUT2D eigenvalue weighted by Gasteiger charge is 2.24. The van der Waals surface area contributed by atoms with Gasteiger partial charge in [-0.2, -0.15) is 0 Å². The molecule has 1 aliphatic heterocycles. The number of carbonyl (C=O) groups excluding carboxylic acids is 2. The van der Waals surface area contributed by atoms with E-state index in [4.69, 9.17) is 4.74 Å². The zero-order chi connectivity index (χ0) is 20.5. The van der Waals surface area contributed by atoms with E-state index in [1.807, 2.05) is 41.5 Å². The lowest BCUT2D eigenvalue weighted by Crippen LogP contribution is -2.51. The molecule has 0 aliphatic carbocycles. The molecule has 0 saturated carbocycles. The fourth-order valence-corrected chi connectivity index (χ4v) is 2.75. The van der Waals surface area contributed by atoms with Crippen molar-refractivity contribution in [3.05, 3.63) is 0 Å². The van der Waals surface area contributed by atoms with Gasteiger partial charge in [0.1, 0.15) is 0 Å². The van der Waals surface area contributed by atoms with E-state index in [2.05, 4.69) is 15.5 Å². The van der Waals surface area contributed by atoms with Crippen LogP contribution in [0, 0.1) is 5.92 Å². The minimum atomic E-state index is -0.386. The predicted molar refractivity (Wildman–Crippen MR) is 109 cm³/mol. The molecule has 2 atom stereocenters. The molecule has 156 valence electrons. The first-order valence-corrected chi connectivity index (χ1v) is 10.2. The molecular formula is C20H43N3O3. The van der Waals surface area contributed by atoms with E-state index in [0.29, 0.717) is 6.42 Å². The third kappa shape index (κ3) is 11.6. The van der Waals surface area contributed by atoms with Crippen LogP contribution < -0.4 is 10.6 Å². The molecule has 0 aromatic rings. The summed E-state index contributed by atoms with van der Waals surface area (Å²) in [5.41, 5.74) is 0. The lowest BCUT2D eigenvalue weighted by atomic mass is 10.0. The second-order valence-corrected chi connectivity index (χ2v) is 6.28. The highest BCUT2D eigenvalue weighted by molar-refractivity contribution is 5.89. The zero-order valence-corrected chi connectivity index (χ0v) is 18.4. The topological polar surface area (TPSA) is 70.7 Å². The monoisotopic (exact) mass is 373 g/mol. The van der Waals surface area contributed by atoms with Gasteiger partial charge in [-0.3, -0.25) is 14.5 Å². The van der Waals surface area contributed by atoms with E-state index in [1.54, 1.807) is 14.0 Å². The van der Waals surface area contributed by atoms with E-state index in [0.717, 1.165) is 39.3 Å². The third-order valence-electron chi connectivity index (χ3n) is 4.14. The number of amides is 1. The molecule has 0 spiro atoms. The van der Waals surface area contributed by atoms with Crippen molar-refractivity contribution in [3.8, 4) is 0 Å². The molecule has 6 nitrogen and oxygen atoms in total. The van der Waals surface area contributed by atoms with Crippen LogP contribution in [0.2, 0.25) is 0 Å². The molecule has 1 saturated heterocycles. The molecule has 2 N–H and O–H groups in total. The lowest BCUT2D eigenvalue weighted by molar-refractivity contribution is -0.129. The van der Waals surface area contributed by atoms with Crippen LogP contribution in [0.5, 0.6) is 0 Å². The predicted octanol–water partition coefficient (Wildman–Crippen LogP) is 2.47. The number of hydrogen-bond acceptors (Lipinski definition) is 5. The van der Waals surface area contributed by atoms with Crippen molar-refractivity contribution in [3.63, 3.8) is 0 Å². The van der Waals surface area contributed by atoms with Crippen molar-refractivity contribution in [2.45, 2.75) is 73.4 Å². The maximum absolute atomic E-state index is 12.2. The minimum Gasteiger partial charge on any atom is -0.379 e. The number of nitrogens with one attached hydrogen (secondary N) is 2. The fraction of sp³-hybridized carbons (Fsp3) is 0.900. The first-order chi connectivity index (χ1) is 12.5. The molecule has 1 fully saturated rings. The number of rotatable bonds is 9. The number of morpholine rings is 1. The molecule has 2 unspecified atom stereocenters. The standard InChI is InChI=1S/C16H31N3O3.2C2H6/c1-12(2)15(17-4)16(21)18-14(13(3)20)6-5-7-19-8-10-22-11-9-19;2*1-2/h12,14-15,17H,5-11H2,1-4H3,(H,18,21);2*1-2H3. The van der Waals surface area contributed by atoms with Crippen LogP contribution in [0.1, 0.15) is 61.3 Å². The van der Waals surface area contributed by atoms with Gasteiger partial charge in [-0.1, -0.05) is 41.5 Å². The van der Waals surface area contributed by atoms with E-state index in [-0.39, 0.29) is 29.7 Å². The molecular weight excluding hydrogens is 330 g/mol. The van der Waals surface area contributed by atoms with Gasteiger partial charge in [-0.05, 0) is 39.3 Å². The molecule has 6 heteroatoms. The quantitative estimate of drug-likeness (QED) is 0.650. The van der Waals surface area contributed by atoms with Crippen molar-refractivity contribution in [2.75, 3.05) is 39.9 Å². The summed E-state index contributed by atoms with van der Waals surface area (Å²) >= 11 is 0. The zero-order valence-electron chi connectivity index (χ0n) is 18.4. The van der Waals surface area contributed by atoms with Gasteiger partial charge in [0.2, 0.25) is 5.91 Å². The van der Waals surface area contributed by atoms with Crippen molar-refractivity contribution in [2.24, 2.45) is 5.92 Å². The molecule has 1 rings (SSSR count). The van der Waals surface area contributed by atoms with Gasteiger partial charge >= 0.3 is 0 Å². The van der Waals surface area contributed by atoms with Crippen LogP contribution in [-0.4, -0.2) is 68.6 Å². The van der Waals surface area contributed by atoms with Gasteiger partial charge in [0.15, 0.2) is 5.78 Å². The average Bonchev–Trinajstić information content (AvgIpc) is 2.65. The highest BCUT2D eigenvalue weighted by Crippen LogP contribution is 2.06. The van der Waals surface area contributed by atoms with Crippen LogP contribution in [0.3, 0.4) is 0 Å². The van der Waals surface area contributed by atoms with Gasteiger partial charge in [-0.15, -0.1) is 0 Å². The highest BCUT2D eigenvalue weighted by atomic mass is 16.5. The Hall–Kier alpha value is -0.980. The van der Waals surface area contributed by atoms with Gasteiger partial charge in [0.25, 0.3) is 0 Å². The van der Waals surface area contributed by atoms with E-state index < -0.39 is 0 Å². The third-order valence-corrected chi connectivity index (χ3v) is 4.14. The second kappa shape index (κ2) is 17.4. The molecule has 0 aromatic carbocycles. The second-order valence-electron chi connectivity index (χ2n) is 6.28. The van der Waals surface area contributed by atoms with Crippen LogP contribution >= 0.6 is 0 Å². The van der Waals surface area contributed by atoms with Crippen LogP contribution in [-0.2, 0) is 14.3 Å². The minimum absolute atomic E-state index is 0.0222. The van der Waals surface area contributed by atoms with Crippen molar-refractivity contribution in [1.82, 2.24) is 15.5 Å². The number of likely N-dealkylation sites (N-methyl/N-ethyl adjacent to an activating group) is 1. The normalized spacial score (nSPS) is 16.5. The number of hydrogen-bond donors (Lipinski definition) is 2. The first-order valence-electron chi connectivity index (χ1n) is 10.2. The number of Topliss-reactive ketones (excluding diaryl/α,β-unsaturated/α-hetero) is 1. The molecule has 0 radical (unpaired) electrons. The molecule has 1 aliphatic rings. The van der Waals surface area contributed by atoms with E-state index in [9.17, 15) is 9.59 Å². The van der Waals surface area contributed by atoms with Crippen molar-refractivity contribution < 1.29 is 14.3 Å². The van der Waals surface area contributed by atoms with Crippen molar-refractivity contribution >= 4 is 11.7 Å². The summed E-state index contributed by atoms with van der Waals surface area (Å²) in [4.78, 5) is 26.4. The Balaban J connectivity index is 0. The Bertz CT molecular complexity index is 356. The summed E-state index contributed by atoms with van der Waals surface area (Å²) in [7, 11) is 1.77. The molecule has 1 heterocycles. The van der Waals surface area contributed by atoms with Crippen LogP contribution in [0.15, 0.2) is 0 Å². The van der Waals surface area contributed by atoms with Crippen molar-refractivity contribution in [1.29, 1.82) is 0 Å². The summed E-state index contributed by atoms with van der Waals surface area (Å²) in [6.45, 7) is 17.9. The summed E-state index contributed by atoms with van der Waals surface area (Å²) in [5, 5.41) is 5.90. The Labute approximate surface area is 161 Å². The first kappa shape index (κ1) is 27.2. The molecule has 26 heavy (non-hydrogen) atoms. The maximum atomic E-state index is 12.2. The van der Waals surface area contributed by atoms with Crippen LogP contribution in [0.4, 0.5) is 0 Å². The van der Waals surface area contributed by atoms with Gasteiger partial charge in [0.05, 0.1) is 25.3 Å². The van der Waals surface area contributed by atoms with E-state index >= 15 is 0 Å². The van der Waals surface area contributed by atoms with Gasteiger partial charge in [-0.25, -0.2) is 0 Å². The number of nitrogens with zero attached hydrogens (tertiary/aromatic N) is 1. The Kier molecular flexibility index (Phi) is 18.3. The number of ether oxygens (including phenoxy) is 1. The van der Waals surface area contributed by atoms with Gasteiger partial charge < -0.3 is 15.4 Å². The van der Waals surface area contributed by atoms with Gasteiger partial charge in [0, 0.05) is 13.1 Å². The molecule has 1 amide bonds. The summed E-state index contributed by atoms with van der Waals surface area (Å²) in [6, 6.07) is -0.649. The summed E-state index contributed by atoms with van der Waals surface area (Å²) in [6.07, 6.45) is 1.59. The lowest BCUT2D eigenvalue weighted by Gasteiger charge is -2.27. The Morgan fingerprint density at radius 3 is 2.04 bits per heavy atom. The maximum Gasteiger partial charge on any atom is 0.237 e. The Morgan fingerprint density at radius 1 is 1.08 bits per heavy atom. The summed E-state index contributed by atoms with van der Waals surface area (Å²) in [5.74, 6) is 0.115. The SMILES string of the molecule is CC.CC.CNC(C(=O)NC(CCCN1CCOCC1)C(C)=O)C(C)C. The molecule has 0 bridgehead atoms. The number of ketones is 1. The smallest absolute Gasteiger partial charge is 0.237 e. The summed E-state index contributed by atoms with van der Waals surface area (Å²) < 4.78 is 5.32. The van der Waals surface area contributed by atoms with Crippen LogP contribution in [0.25, 0.3) is 0 Å². The largest absolute Gasteiger partial charge is 0.379 e. The number of carbonyl (C=O) groups is 2. The Morgan fingerprint density at radius 2 is 1.62 bits per heavy atom. The average molecular weight is 374 g/mol.